The Bertz CT molecular complexity index is 541. The van der Waals surface area contributed by atoms with Crippen molar-refractivity contribution in [3.05, 3.63) is 30.1 Å². The monoisotopic (exact) mass is 309 g/mol. The molecule has 0 bridgehead atoms. The van der Waals surface area contributed by atoms with Crippen LogP contribution in [0.25, 0.3) is 0 Å². The Morgan fingerprint density at radius 1 is 1.43 bits per heavy atom. The number of carbonyl (C=O) groups is 1. The summed E-state index contributed by atoms with van der Waals surface area (Å²) in [6.45, 7) is 3.84. The van der Waals surface area contributed by atoms with Gasteiger partial charge in [-0.25, -0.2) is 4.39 Å². The van der Waals surface area contributed by atoms with E-state index in [-0.39, 0.29) is 23.6 Å². The molecule has 21 heavy (non-hydrogen) atoms. The highest BCUT2D eigenvalue weighted by molar-refractivity contribution is 7.80. The minimum absolute atomic E-state index is 0.117. The van der Waals surface area contributed by atoms with Gasteiger partial charge >= 0.3 is 0 Å². The fourth-order valence-electron chi connectivity index (χ4n) is 2.41. The van der Waals surface area contributed by atoms with Crippen LogP contribution in [-0.2, 0) is 4.79 Å². The highest BCUT2D eigenvalue weighted by atomic mass is 32.1. The second-order valence-corrected chi connectivity index (χ2v) is 6.17. The fourth-order valence-corrected chi connectivity index (χ4v) is 2.61. The van der Waals surface area contributed by atoms with Crippen LogP contribution in [0.2, 0.25) is 0 Å². The number of likely N-dealkylation sites (tertiary alicyclic amines) is 1. The lowest BCUT2D eigenvalue weighted by atomic mass is 9.80. The maximum absolute atomic E-state index is 13.5. The van der Waals surface area contributed by atoms with Crippen molar-refractivity contribution in [2.24, 2.45) is 11.1 Å². The van der Waals surface area contributed by atoms with Gasteiger partial charge < -0.3 is 11.1 Å². The molecule has 4 nitrogen and oxygen atoms in total. The molecule has 1 aromatic carbocycles. The molecule has 1 aliphatic rings. The molecule has 0 radical (unpaired) electrons. The van der Waals surface area contributed by atoms with E-state index in [1.54, 1.807) is 18.2 Å². The first-order chi connectivity index (χ1) is 9.90. The zero-order chi connectivity index (χ0) is 15.5. The van der Waals surface area contributed by atoms with E-state index in [0.717, 1.165) is 25.9 Å². The molecule has 1 saturated heterocycles. The summed E-state index contributed by atoms with van der Waals surface area (Å²) in [4.78, 5) is 14.5. The topological polar surface area (TPSA) is 58.4 Å². The van der Waals surface area contributed by atoms with Crippen LogP contribution in [0.3, 0.4) is 0 Å². The number of para-hydroxylation sites is 1. The van der Waals surface area contributed by atoms with Crippen molar-refractivity contribution in [3.63, 3.8) is 0 Å². The van der Waals surface area contributed by atoms with Crippen LogP contribution in [0.1, 0.15) is 19.8 Å². The predicted octanol–water partition coefficient (Wildman–Crippen LogP) is 2.15. The maximum atomic E-state index is 13.5. The highest BCUT2D eigenvalue weighted by Crippen LogP contribution is 2.30. The van der Waals surface area contributed by atoms with Gasteiger partial charge in [0.2, 0.25) is 5.91 Å². The summed E-state index contributed by atoms with van der Waals surface area (Å²) in [5.74, 6) is -0.635. The third kappa shape index (κ3) is 3.98. The third-order valence-corrected chi connectivity index (χ3v) is 4.56. The average Bonchev–Trinajstić information content (AvgIpc) is 2.44. The first kappa shape index (κ1) is 15.9. The molecule has 1 amide bonds. The Balaban J connectivity index is 1.85. The van der Waals surface area contributed by atoms with Crippen molar-refractivity contribution in [1.29, 1.82) is 0 Å². The van der Waals surface area contributed by atoms with Crippen molar-refractivity contribution in [2.45, 2.75) is 19.8 Å². The molecule has 0 atom stereocenters. The van der Waals surface area contributed by atoms with Gasteiger partial charge in [0.1, 0.15) is 5.82 Å². The average molecular weight is 309 g/mol. The Kier molecular flexibility index (Phi) is 4.90. The second kappa shape index (κ2) is 6.49. The summed E-state index contributed by atoms with van der Waals surface area (Å²) < 4.78 is 13.5. The molecule has 0 spiro atoms. The molecule has 0 aliphatic carbocycles. The van der Waals surface area contributed by atoms with Crippen LogP contribution in [-0.4, -0.2) is 35.4 Å². The van der Waals surface area contributed by atoms with E-state index < -0.39 is 5.82 Å². The summed E-state index contributed by atoms with van der Waals surface area (Å²) in [7, 11) is 0. The number of amides is 1. The number of anilines is 1. The molecule has 1 aromatic rings. The van der Waals surface area contributed by atoms with Crippen LogP contribution >= 0.6 is 12.2 Å². The van der Waals surface area contributed by atoms with E-state index >= 15 is 0 Å². The number of thiocarbonyl (C=S) groups is 1. The summed E-state index contributed by atoms with van der Waals surface area (Å²) >= 11 is 5.09. The Hall–Kier alpha value is -1.53. The van der Waals surface area contributed by atoms with Crippen molar-refractivity contribution in [3.8, 4) is 0 Å². The number of rotatable bonds is 4. The Labute approximate surface area is 129 Å². The van der Waals surface area contributed by atoms with Gasteiger partial charge in [0, 0.05) is 5.41 Å². The van der Waals surface area contributed by atoms with Crippen LogP contribution in [0.15, 0.2) is 24.3 Å². The molecule has 6 heteroatoms. The highest BCUT2D eigenvalue weighted by Gasteiger charge is 2.33. The van der Waals surface area contributed by atoms with Crippen molar-refractivity contribution >= 4 is 28.8 Å². The van der Waals surface area contributed by atoms with Gasteiger partial charge in [0.25, 0.3) is 0 Å². The van der Waals surface area contributed by atoms with Gasteiger partial charge in [0.05, 0.1) is 17.2 Å². The van der Waals surface area contributed by atoms with Gasteiger partial charge in [0.15, 0.2) is 0 Å². The van der Waals surface area contributed by atoms with E-state index in [9.17, 15) is 9.18 Å². The van der Waals surface area contributed by atoms with Crippen molar-refractivity contribution in [1.82, 2.24) is 4.90 Å². The molecule has 1 heterocycles. The number of nitrogens with two attached hydrogens (primary N) is 1. The molecule has 2 rings (SSSR count). The molecule has 0 saturated carbocycles. The SMILES string of the molecule is CC1(C(N)=S)CCN(CC(=O)Nc2ccccc2F)CC1. The lowest BCUT2D eigenvalue weighted by Crippen LogP contribution is -2.46. The number of nitrogens with zero attached hydrogens (tertiary/aromatic N) is 1. The fraction of sp³-hybridized carbons (Fsp3) is 0.467. The van der Waals surface area contributed by atoms with Crippen LogP contribution in [0.4, 0.5) is 10.1 Å². The smallest absolute Gasteiger partial charge is 0.238 e. The van der Waals surface area contributed by atoms with Gasteiger partial charge in [-0.05, 0) is 38.1 Å². The van der Waals surface area contributed by atoms with Crippen molar-refractivity contribution < 1.29 is 9.18 Å². The molecule has 3 N–H and O–H groups in total. The van der Waals surface area contributed by atoms with Crippen molar-refractivity contribution in [2.75, 3.05) is 25.0 Å². The zero-order valence-corrected chi connectivity index (χ0v) is 12.9. The molecular weight excluding hydrogens is 289 g/mol. The maximum Gasteiger partial charge on any atom is 0.238 e. The third-order valence-electron chi connectivity index (χ3n) is 4.07. The molecule has 114 valence electrons. The number of halogens is 1. The van der Waals surface area contributed by atoms with Gasteiger partial charge in [-0.3, -0.25) is 9.69 Å². The summed E-state index contributed by atoms with van der Waals surface area (Å²) in [6, 6.07) is 6.15. The summed E-state index contributed by atoms with van der Waals surface area (Å²) in [5, 5.41) is 2.59. The minimum Gasteiger partial charge on any atom is -0.393 e. The van der Waals surface area contributed by atoms with Crippen LogP contribution < -0.4 is 11.1 Å². The summed E-state index contributed by atoms with van der Waals surface area (Å²) in [5.41, 5.74) is 5.86. The molecule has 1 fully saturated rings. The largest absolute Gasteiger partial charge is 0.393 e. The normalized spacial score (nSPS) is 18.2. The predicted molar refractivity (Wildman–Crippen MR) is 85.6 cm³/mol. The number of hydrogen-bond acceptors (Lipinski definition) is 3. The first-order valence-corrected chi connectivity index (χ1v) is 7.38. The van der Waals surface area contributed by atoms with Crippen LogP contribution in [0.5, 0.6) is 0 Å². The standard InChI is InChI=1S/C15H20FN3OS/c1-15(14(17)21)6-8-19(9-7-15)10-13(20)18-12-5-3-2-4-11(12)16/h2-5H,6-10H2,1H3,(H2,17,21)(H,18,20). The number of piperidine rings is 1. The lowest BCUT2D eigenvalue weighted by molar-refractivity contribution is -0.117. The van der Waals surface area contributed by atoms with Gasteiger partial charge in [-0.1, -0.05) is 31.3 Å². The Morgan fingerprint density at radius 2 is 2.05 bits per heavy atom. The molecule has 1 aliphatic heterocycles. The molecule has 0 unspecified atom stereocenters. The quantitative estimate of drug-likeness (QED) is 0.837. The number of carbonyl (C=O) groups excluding carboxylic acids is 1. The number of hydrogen-bond donors (Lipinski definition) is 2. The first-order valence-electron chi connectivity index (χ1n) is 6.97. The van der Waals surface area contributed by atoms with E-state index in [1.165, 1.54) is 6.07 Å². The lowest BCUT2D eigenvalue weighted by Gasteiger charge is -2.38. The summed E-state index contributed by atoms with van der Waals surface area (Å²) in [6.07, 6.45) is 1.69. The zero-order valence-electron chi connectivity index (χ0n) is 12.1. The van der Waals surface area contributed by atoms with E-state index in [0.29, 0.717) is 4.99 Å². The second-order valence-electron chi connectivity index (χ2n) is 5.73. The van der Waals surface area contributed by atoms with Crippen LogP contribution in [0, 0.1) is 11.2 Å². The number of nitrogens with one attached hydrogen (secondary N) is 1. The molecule has 0 aromatic heterocycles. The van der Waals surface area contributed by atoms with Gasteiger partial charge in [-0.2, -0.15) is 0 Å². The van der Waals surface area contributed by atoms with Gasteiger partial charge in [-0.15, -0.1) is 0 Å². The van der Waals surface area contributed by atoms with E-state index in [4.69, 9.17) is 18.0 Å². The number of benzene rings is 1. The Morgan fingerprint density at radius 3 is 2.62 bits per heavy atom. The molecular formula is C15H20FN3OS. The minimum atomic E-state index is -0.425. The van der Waals surface area contributed by atoms with E-state index in [2.05, 4.69) is 12.2 Å². The van der Waals surface area contributed by atoms with E-state index in [1.807, 2.05) is 4.90 Å².